The average molecular weight is 265 g/mol. The molecule has 0 saturated carbocycles. The van der Waals surface area contributed by atoms with Gasteiger partial charge in [0, 0.05) is 38.6 Å². The number of carbonyl (C=O) groups excluding carboxylic acids is 1. The molecule has 106 valence electrons. The van der Waals surface area contributed by atoms with Crippen molar-refractivity contribution < 1.29 is 9.90 Å². The highest BCUT2D eigenvalue weighted by molar-refractivity contribution is 5.93. The van der Waals surface area contributed by atoms with E-state index < -0.39 is 6.10 Å². The molecule has 0 radical (unpaired) electrons. The molecule has 0 aliphatic carbocycles. The second-order valence-electron chi connectivity index (χ2n) is 4.61. The standard InChI is InChI=1S/C14H23N3O2/c1-5-17(6-2)14(19)13-9-12(7-8-15-13)16(4)10-11(3)18/h7-9,11,18H,5-6,10H2,1-4H3. The molecular weight excluding hydrogens is 242 g/mol. The maximum atomic E-state index is 12.2. The van der Waals surface area contributed by atoms with Gasteiger partial charge in [-0.2, -0.15) is 0 Å². The molecule has 0 bridgehead atoms. The van der Waals surface area contributed by atoms with Crippen molar-refractivity contribution in [2.45, 2.75) is 26.9 Å². The zero-order valence-electron chi connectivity index (χ0n) is 12.1. The van der Waals surface area contributed by atoms with Crippen molar-refractivity contribution in [3.05, 3.63) is 24.0 Å². The van der Waals surface area contributed by atoms with E-state index in [2.05, 4.69) is 4.98 Å². The third-order valence-electron chi connectivity index (χ3n) is 2.99. The van der Waals surface area contributed by atoms with E-state index in [-0.39, 0.29) is 5.91 Å². The monoisotopic (exact) mass is 265 g/mol. The summed E-state index contributed by atoms with van der Waals surface area (Å²) in [6.45, 7) is 7.49. The van der Waals surface area contributed by atoms with Crippen molar-refractivity contribution in [1.82, 2.24) is 9.88 Å². The van der Waals surface area contributed by atoms with Crippen LogP contribution in [0.15, 0.2) is 18.3 Å². The van der Waals surface area contributed by atoms with Crippen molar-refractivity contribution in [2.24, 2.45) is 0 Å². The van der Waals surface area contributed by atoms with Crippen LogP contribution in [0.2, 0.25) is 0 Å². The highest BCUT2D eigenvalue weighted by Crippen LogP contribution is 2.14. The first-order chi connectivity index (χ1) is 8.99. The van der Waals surface area contributed by atoms with E-state index in [1.165, 1.54) is 0 Å². The van der Waals surface area contributed by atoms with Crippen molar-refractivity contribution in [3.63, 3.8) is 0 Å². The number of pyridine rings is 1. The number of hydrogen-bond acceptors (Lipinski definition) is 4. The largest absolute Gasteiger partial charge is 0.392 e. The van der Waals surface area contributed by atoms with Crippen LogP contribution < -0.4 is 4.90 Å². The Bertz CT molecular complexity index is 417. The fourth-order valence-corrected chi connectivity index (χ4v) is 1.95. The van der Waals surface area contributed by atoms with Crippen LogP contribution in [0.25, 0.3) is 0 Å². The van der Waals surface area contributed by atoms with Gasteiger partial charge in [0.15, 0.2) is 0 Å². The molecule has 5 nitrogen and oxygen atoms in total. The van der Waals surface area contributed by atoms with Crippen LogP contribution in [0.4, 0.5) is 5.69 Å². The van der Waals surface area contributed by atoms with Crippen LogP contribution in [0.3, 0.4) is 0 Å². The van der Waals surface area contributed by atoms with Crippen LogP contribution in [0.5, 0.6) is 0 Å². The summed E-state index contributed by atoms with van der Waals surface area (Å²) in [6, 6.07) is 3.60. The molecule has 1 aromatic rings. The molecule has 0 aliphatic heterocycles. The predicted octanol–water partition coefficient (Wildman–Crippen LogP) is 1.38. The van der Waals surface area contributed by atoms with E-state index in [4.69, 9.17) is 0 Å². The summed E-state index contributed by atoms with van der Waals surface area (Å²) in [5, 5.41) is 9.39. The molecule has 1 heterocycles. The second kappa shape index (κ2) is 7.09. The number of aliphatic hydroxyl groups excluding tert-OH is 1. The number of amides is 1. The summed E-state index contributed by atoms with van der Waals surface area (Å²) >= 11 is 0. The molecule has 19 heavy (non-hydrogen) atoms. The van der Waals surface area contributed by atoms with Gasteiger partial charge in [0.25, 0.3) is 5.91 Å². The Morgan fingerprint density at radius 3 is 2.58 bits per heavy atom. The first-order valence-electron chi connectivity index (χ1n) is 6.64. The van der Waals surface area contributed by atoms with Gasteiger partial charge in [-0.25, -0.2) is 0 Å². The minimum atomic E-state index is -0.417. The zero-order chi connectivity index (χ0) is 14.4. The third-order valence-corrected chi connectivity index (χ3v) is 2.99. The number of aliphatic hydroxyl groups is 1. The van der Waals surface area contributed by atoms with Crippen molar-refractivity contribution in [2.75, 3.05) is 31.6 Å². The molecule has 1 N–H and O–H groups in total. The maximum absolute atomic E-state index is 12.2. The minimum Gasteiger partial charge on any atom is -0.392 e. The number of rotatable bonds is 6. The molecule has 1 unspecified atom stereocenters. The van der Waals surface area contributed by atoms with Gasteiger partial charge in [-0.1, -0.05) is 0 Å². The summed E-state index contributed by atoms with van der Waals surface area (Å²) in [5.74, 6) is -0.0581. The van der Waals surface area contributed by atoms with Gasteiger partial charge in [-0.15, -0.1) is 0 Å². The quantitative estimate of drug-likeness (QED) is 0.844. The number of likely N-dealkylation sites (N-methyl/N-ethyl adjacent to an activating group) is 1. The fraction of sp³-hybridized carbons (Fsp3) is 0.571. The Kier molecular flexibility index (Phi) is 5.76. The zero-order valence-corrected chi connectivity index (χ0v) is 12.1. The Hall–Kier alpha value is -1.62. The molecule has 0 spiro atoms. The summed E-state index contributed by atoms with van der Waals surface area (Å²) in [5.41, 5.74) is 1.32. The van der Waals surface area contributed by atoms with Gasteiger partial charge < -0.3 is 14.9 Å². The summed E-state index contributed by atoms with van der Waals surface area (Å²) in [4.78, 5) is 20.0. The van der Waals surface area contributed by atoms with Gasteiger partial charge in [0.2, 0.25) is 0 Å². The molecule has 0 aromatic carbocycles. The van der Waals surface area contributed by atoms with Crippen LogP contribution in [0, 0.1) is 0 Å². The Labute approximate surface area is 114 Å². The van der Waals surface area contributed by atoms with Gasteiger partial charge in [0.05, 0.1) is 6.10 Å². The van der Waals surface area contributed by atoms with Crippen molar-refractivity contribution in [1.29, 1.82) is 0 Å². The second-order valence-corrected chi connectivity index (χ2v) is 4.61. The predicted molar refractivity (Wildman–Crippen MR) is 76.4 cm³/mol. The SMILES string of the molecule is CCN(CC)C(=O)c1cc(N(C)CC(C)O)ccn1. The number of hydrogen-bond donors (Lipinski definition) is 1. The van der Waals surface area contributed by atoms with Gasteiger partial charge in [-0.05, 0) is 32.9 Å². The number of aromatic nitrogens is 1. The van der Waals surface area contributed by atoms with E-state index in [0.29, 0.717) is 25.3 Å². The lowest BCUT2D eigenvalue weighted by atomic mass is 10.2. The third kappa shape index (κ3) is 4.21. The van der Waals surface area contributed by atoms with Gasteiger partial charge in [0.1, 0.15) is 5.69 Å². The molecule has 1 aromatic heterocycles. The van der Waals surface area contributed by atoms with Crippen LogP contribution >= 0.6 is 0 Å². The molecule has 5 heteroatoms. The molecule has 0 aliphatic rings. The Balaban J connectivity index is 2.90. The van der Waals surface area contributed by atoms with E-state index >= 15 is 0 Å². The molecule has 0 saturated heterocycles. The van der Waals surface area contributed by atoms with Crippen LogP contribution in [-0.2, 0) is 0 Å². The molecule has 1 amide bonds. The normalized spacial score (nSPS) is 12.1. The first-order valence-corrected chi connectivity index (χ1v) is 6.64. The van der Waals surface area contributed by atoms with E-state index in [9.17, 15) is 9.90 Å². The smallest absolute Gasteiger partial charge is 0.272 e. The number of carbonyl (C=O) groups is 1. The highest BCUT2D eigenvalue weighted by Gasteiger charge is 2.15. The lowest BCUT2D eigenvalue weighted by Gasteiger charge is -2.22. The van der Waals surface area contributed by atoms with Crippen LogP contribution in [0.1, 0.15) is 31.3 Å². The molecule has 1 rings (SSSR count). The van der Waals surface area contributed by atoms with Crippen molar-refractivity contribution >= 4 is 11.6 Å². The van der Waals surface area contributed by atoms with E-state index in [1.54, 1.807) is 24.1 Å². The van der Waals surface area contributed by atoms with Crippen molar-refractivity contribution in [3.8, 4) is 0 Å². The lowest BCUT2D eigenvalue weighted by molar-refractivity contribution is 0.0767. The maximum Gasteiger partial charge on any atom is 0.272 e. The summed E-state index contributed by atoms with van der Waals surface area (Å²) < 4.78 is 0. The number of nitrogens with zero attached hydrogens (tertiary/aromatic N) is 3. The number of anilines is 1. The van der Waals surface area contributed by atoms with E-state index in [0.717, 1.165) is 5.69 Å². The lowest BCUT2D eigenvalue weighted by Crippen LogP contribution is -2.31. The topological polar surface area (TPSA) is 56.7 Å². The molecule has 1 atom stereocenters. The average Bonchev–Trinajstić information content (AvgIpc) is 2.39. The Morgan fingerprint density at radius 1 is 1.42 bits per heavy atom. The van der Waals surface area contributed by atoms with Gasteiger partial charge >= 0.3 is 0 Å². The van der Waals surface area contributed by atoms with Gasteiger partial charge in [-0.3, -0.25) is 9.78 Å². The summed E-state index contributed by atoms with van der Waals surface area (Å²) in [7, 11) is 1.88. The summed E-state index contributed by atoms with van der Waals surface area (Å²) in [6.07, 6.45) is 1.21. The minimum absolute atomic E-state index is 0.0581. The van der Waals surface area contributed by atoms with Crippen LogP contribution in [-0.4, -0.2) is 53.7 Å². The van der Waals surface area contributed by atoms with E-state index in [1.807, 2.05) is 31.9 Å². The Morgan fingerprint density at radius 2 is 2.05 bits per heavy atom. The molecule has 0 fully saturated rings. The highest BCUT2D eigenvalue weighted by atomic mass is 16.3. The fourth-order valence-electron chi connectivity index (χ4n) is 1.95. The molecular formula is C14H23N3O2. The first kappa shape index (κ1) is 15.4.